The molecule has 1 atom stereocenters. The van der Waals surface area contributed by atoms with Gasteiger partial charge in [-0.25, -0.2) is 4.79 Å². The highest BCUT2D eigenvalue weighted by Gasteiger charge is 2.04. The number of carbonyl (C=O) groups is 1. The molecule has 1 aromatic rings. The molecule has 1 N–H and O–H groups in total. The number of esters is 1. The van der Waals surface area contributed by atoms with Crippen molar-refractivity contribution < 1.29 is 9.53 Å². The van der Waals surface area contributed by atoms with Crippen molar-refractivity contribution >= 4 is 5.97 Å². The standard InChI is InChI=1S/C14H21NO2/c1-4-5-11(2)15-10-12-6-8-13(9-7-12)14(16)17-3/h6-9,11,15H,4-5,10H2,1-3H3. The maximum atomic E-state index is 11.2. The molecular formula is C14H21NO2. The van der Waals surface area contributed by atoms with Crippen LogP contribution in [0.4, 0.5) is 0 Å². The van der Waals surface area contributed by atoms with E-state index in [9.17, 15) is 4.79 Å². The molecule has 0 fully saturated rings. The first kappa shape index (κ1) is 13.7. The van der Waals surface area contributed by atoms with Gasteiger partial charge in [-0.1, -0.05) is 25.5 Å². The number of methoxy groups -OCH3 is 1. The van der Waals surface area contributed by atoms with Crippen molar-refractivity contribution in [2.24, 2.45) is 0 Å². The molecule has 94 valence electrons. The van der Waals surface area contributed by atoms with Crippen LogP contribution in [0, 0.1) is 0 Å². The Morgan fingerprint density at radius 2 is 2.00 bits per heavy atom. The second-order valence-corrected chi connectivity index (χ2v) is 4.26. The Balaban J connectivity index is 2.48. The molecule has 0 heterocycles. The molecule has 0 radical (unpaired) electrons. The highest BCUT2D eigenvalue weighted by atomic mass is 16.5. The van der Waals surface area contributed by atoms with E-state index in [-0.39, 0.29) is 5.97 Å². The molecular weight excluding hydrogens is 214 g/mol. The summed E-state index contributed by atoms with van der Waals surface area (Å²) in [6.45, 7) is 5.21. The van der Waals surface area contributed by atoms with Gasteiger partial charge in [0, 0.05) is 12.6 Å². The summed E-state index contributed by atoms with van der Waals surface area (Å²) >= 11 is 0. The summed E-state index contributed by atoms with van der Waals surface area (Å²) in [5, 5.41) is 3.45. The third-order valence-corrected chi connectivity index (χ3v) is 2.75. The Morgan fingerprint density at radius 1 is 1.35 bits per heavy atom. The second kappa shape index (κ2) is 7.07. The van der Waals surface area contributed by atoms with Crippen LogP contribution in [0.1, 0.15) is 42.6 Å². The van der Waals surface area contributed by atoms with Gasteiger partial charge in [0.15, 0.2) is 0 Å². The first-order valence-electron chi connectivity index (χ1n) is 6.08. The summed E-state index contributed by atoms with van der Waals surface area (Å²) in [5.74, 6) is -0.288. The zero-order chi connectivity index (χ0) is 12.7. The Hall–Kier alpha value is -1.35. The first-order valence-corrected chi connectivity index (χ1v) is 6.08. The Morgan fingerprint density at radius 3 is 2.53 bits per heavy atom. The van der Waals surface area contributed by atoms with E-state index in [4.69, 9.17) is 0 Å². The van der Waals surface area contributed by atoms with Crippen LogP contribution in [0.2, 0.25) is 0 Å². The molecule has 3 heteroatoms. The van der Waals surface area contributed by atoms with Gasteiger partial charge in [0.2, 0.25) is 0 Å². The van der Waals surface area contributed by atoms with Gasteiger partial charge in [-0.05, 0) is 31.0 Å². The molecule has 0 saturated carbocycles. The van der Waals surface area contributed by atoms with Crippen molar-refractivity contribution in [1.82, 2.24) is 5.32 Å². The van der Waals surface area contributed by atoms with Crippen LogP contribution in [0.3, 0.4) is 0 Å². The molecule has 0 spiro atoms. The van der Waals surface area contributed by atoms with E-state index in [1.165, 1.54) is 25.5 Å². The molecule has 0 saturated heterocycles. The van der Waals surface area contributed by atoms with Gasteiger partial charge < -0.3 is 10.1 Å². The van der Waals surface area contributed by atoms with Crippen molar-refractivity contribution in [1.29, 1.82) is 0 Å². The van der Waals surface area contributed by atoms with Crippen LogP contribution in [0.15, 0.2) is 24.3 Å². The number of benzene rings is 1. The molecule has 0 aliphatic rings. The lowest BCUT2D eigenvalue weighted by Crippen LogP contribution is -2.25. The summed E-state index contributed by atoms with van der Waals surface area (Å²) in [4.78, 5) is 11.2. The van der Waals surface area contributed by atoms with E-state index >= 15 is 0 Å². The van der Waals surface area contributed by atoms with E-state index in [1.807, 2.05) is 12.1 Å². The molecule has 1 rings (SSSR count). The number of hydrogen-bond acceptors (Lipinski definition) is 3. The van der Waals surface area contributed by atoms with Crippen LogP contribution in [0.25, 0.3) is 0 Å². The maximum absolute atomic E-state index is 11.2. The molecule has 17 heavy (non-hydrogen) atoms. The van der Waals surface area contributed by atoms with Crippen LogP contribution < -0.4 is 5.32 Å². The van der Waals surface area contributed by atoms with Crippen molar-refractivity contribution in [2.75, 3.05) is 7.11 Å². The summed E-state index contributed by atoms with van der Waals surface area (Å²) in [5.41, 5.74) is 1.78. The smallest absolute Gasteiger partial charge is 0.337 e. The summed E-state index contributed by atoms with van der Waals surface area (Å²) in [6.07, 6.45) is 2.37. The summed E-state index contributed by atoms with van der Waals surface area (Å²) in [6, 6.07) is 8.04. The van der Waals surface area contributed by atoms with Gasteiger partial charge in [0.05, 0.1) is 12.7 Å². The zero-order valence-corrected chi connectivity index (χ0v) is 10.8. The number of rotatable bonds is 6. The summed E-state index contributed by atoms with van der Waals surface area (Å²) in [7, 11) is 1.39. The first-order chi connectivity index (χ1) is 8.17. The lowest BCUT2D eigenvalue weighted by atomic mass is 10.1. The molecule has 1 aromatic carbocycles. The quantitative estimate of drug-likeness (QED) is 0.770. The minimum absolute atomic E-state index is 0.288. The molecule has 0 aromatic heterocycles. The maximum Gasteiger partial charge on any atom is 0.337 e. The number of hydrogen-bond donors (Lipinski definition) is 1. The third kappa shape index (κ3) is 4.57. The van der Waals surface area contributed by atoms with Crippen LogP contribution in [0.5, 0.6) is 0 Å². The van der Waals surface area contributed by atoms with Gasteiger partial charge in [0.1, 0.15) is 0 Å². The number of nitrogens with one attached hydrogen (secondary N) is 1. The van der Waals surface area contributed by atoms with E-state index in [0.29, 0.717) is 11.6 Å². The third-order valence-electron chi connectivity index (χ3n) is 2.75. The van der Waals surface area contributed by atoms with E-state index < -0.39 is 0 Å². The highest BCUT2D eigenvalue weighted by molar-refractivity contribution is 5.89. The monoisotopic (exact) mass is 235 g/mol. The number of carbonyl (C=O) groups excluding carboxylic acids is 1. The van der Waals surface area contributed by atoms with E-state index in [0.717, 1.165) is 6.54 Å². The van der Waals surface area contributed by atoms with Crippen molar-refractivity contribution in [3.63, 3.8) is 0 Å². The molecule has 0 amide bonds. The van der Waals surface area contributed by atoms with Crippen molar-refractivity contribution in [2.45, 2.75) is 39.3 Å². The lowest BCUT2D eigenvalue weighted by Gasteiger charge is -2.12. The molecule has 1 unspecified atom stereocenters. The predicted molar refractivity (Wildman–Crippen MR) is 69.0 cm³/mol. The summed E-state index contributed by atoms with van der Waals surface area (Å²) < 4.78 is 4.65. The normalized spacial score (nSPS) is 12.2. The van der Waals surface area contributed by atoms with Gasteiger partial charge in [-0.15, -0.1) is 0 Å². The predicted octanol–water partition coefficient (Wildman–Crippen LogP) is 2.75. The fraction of sp³-hybridized carbons (Fsp3) is 0.500. The SMILES string of the molecule is CCCC(C)NCc1ccc(C(=O)OC)cc1. The van der Waals surface area contributed by atoms with Crippen LogP contribution in [-0.2, 0) is 11.3 Å². The molecule has 0 aliphatic heterocycles. The Labute approximate surface area is 103 Å². The molecule has 0 aliphatic carbocycles. The van der Waals surface area contributed by atoms with Gasteiger partial charge in [-0.2, -0.15) is 0 Å². The van der Waals surface area contributed by atoms with Crippen molar-refractivity contribution in [3.8, 4) is 0 Å². The van der Waals surface area contributed by atoms with Crippen LogP contribution in [-0.4, -0.2) is 19.1 Å². The highest BCUT2D eigenvalue weighted by Crippen LogP contribution is 2.06. The minimum atomic E-state index is -0.288. The number of ether oxygens (including phenoxy) is 1. The average molecular weight is 235 g/mol. The zero-order valence-electron chi connectivity index (χ0n) is 10.8. The van der Waals surface area contributed by atoms with Gasteiger partial charge in [0.25, 0.3) is 0 Å². The fourth-order valence-corrected chi connectivity index (χ4v) is 1.70. The topological polar surface area (TPSA) is 38.3 Å². The Bertz CT molecular complexity index is 346. The second-order valence-electron chi connectivity index (χ2n) is 4.26. The van der Waals surface area contributed by atoms with E-state index in [2.05, 4.69) is 23.9 Å². The minimum Gasteiger partial charge on any atom is -0.465 e. The largest absolute Gasteiger partial charge is 0.465 e. The van der Waals surface area contributed by atoms with Gasteiger partial charge >= 0.3 is 5.97 Å². The van der Waals surface area contributed by atoms with Crippen molar-refractivity contribution in [3.05, 3.63) is 35.4 Å². The Kier molecular flexibility index (Phi) is 5.70. The lowest BCUT2D eigenvalue weighted by molar-refractivity contribution is 0.0600. The molecule has 3 nitrogen and oxygen atoms in total. The average Bonchev–Trinajstić information content (AvgIpc) is 2.36. The van der Waals surface area contributed by atoms with Crippen LogP contribution >= 0.6 is 0 Å². The van der Waals surface area contributed by atoms with E-state index in [1.54, 1.807) is 12.1 Å². The molecule has 0 bridgehead atoms. The fourth-order valence-electron chi connectivity index (χ4n) is 1.70. The van der Waals surface area contributed by atoms with Gasteiger partial charge in [-0.3, -0.25) is 0 Å².